The fourth-order valence-electron chi connectivity index (χ4n) is 0.824. The molecule has 4 nitrogen and oxygen atoms in total. The van der Waals surface area contributed by atoms with E-state index in [4.69, 9.17) is 0 Å². The Balaban J connectivity index is 4.09. The maximum atomic E-state index is 11.2. The van der Waals surface area contributed by atoms with Crippen molar-refractivity contribution in [2.24, 2.45) is 5.92 Å². The van der Waals surface area contributed by atoms with Gasteiger partial charge < -0.3 is 4.74 Å². The van der Waals surface area contributed by atoms with Crippen LogP contribution in [0.2, 0.25) is 0 Å². The third-order valence-corrected chi connectivity index (χ3v) is 1.58. The largest absolute Gasteiger partial charge is 0.393 e. The second-order valence-corrected chi connectivity index (χ2v) is 2.85. The first kappa shape index (κ1) is 11.8. The van der Waals surface area contributed by atoms with Gasteiger partial charge in [0.2, 0.25) is 0 Å². The molecule has 0 aromatic carbocycles. The van der Waals surface area contributed by atoms with Crippen molar-refractivity contribution < 1.29 is 19.1 Å². The van der Waals surface area contributed by atoms with Crippen LogP contribution in [0, 0.1) is 5.92 Å². The predicted molar refractivity (Wildman–Crippen MR) is 45.9 cm³/mol. The summed E-state index contributed by atoms with van der Waals surface area (Å²) in [6.07, 6.45) is 1.03. The summed E-state index contributed by atoms with van der Waals surface area (Å²) < 4.78 is 4.28. The summed E-state index contributed by atoms with van der Waals surface area (Å²) in [7, 11) is 0. The zero-order valence-electron chi connectivity index (χ0n) is 8.12. The van der Waals surface area contributed by atoms with Gasteiger partial charge >= 0.3 is 11.9 Å². The quantitative estimate of drug-likeness (QED) is 0.487. The van der Waals surface area contributed by atoms with Gasteiger partial charge in [-0.25, -0.2) is 0 Å². The number of carbonyl (C=O) groups excluding carboxylic acids is 3. The molecule has 0 aromatic rings. The zero-order chi connectivity index (χ0) is 10.4. The maximum absolute atomic E-state index is 11.2. The van der Waals surface area contributed by atoms with E-state index in [9.17, 15) is 14.4 Å². The van der Waals surface area contributed by atoms with Crippen molar-refractivity contribution in [1.82, 2.24) is 0 Å². The summed E-state index contributed by atoms with van der Waals surface area (Å²) in [5.41, 5.74) is 0. The first-order chi connectivity index (χ1) is 5.99. The van der Waals surface area contributed by atoms with E-state index in [-0.39, 0.29) is 5.78 Å². The van der Waals surface area contributed by atoms with Crippen LogP contribution in [0.1, 0.15) is 33.6 Å². The standard InChI is InChI=1S/C9H14O4/c1-4-5-8(11)6(2)9(12)13-7(3)10/h6H,4-5H2,1-3H3. The molecule has 0 heterocycles. The lowest BCUT2D eigenvalue weighted by Crippen LogP contribution is -2.24. The second kappa shape index (κ2) is 5.45. The number of ether oxygens (including phenoxy) is 1. The molecule has 0 spiro atoms. The normalized spacial score (nSPS) is 11.9. The van der Waals surface area contributed by atoms with Gasteiger partial charge in [-0.1, -0.05) is 6.92 Å². The molecule has 0 radical (unpaired) electrons. The van der Waals surface area contributed by atoms with Gasteiger partial charge in [0.1, 0.15) is 11.7 Å². The Hall–Kier alpha value is -1.19. The average Bonchev–Trinajstić information content (AvgIpc) is 2.02. The van der Waals surface area contributed by atoms with Crippen molar-refractivity contribution in [2.75, 3.05) is 0 Å². The minimum absolute atomic E-state index is 0.186. The SMILES string of the molecule is CCCC(=O)C(C)C(=O)OC(C)=O. The van der Waals surface area contributed by atoms with Crippen LogP contribution < -0.4 is 0 Å². The minimum Gasteiger partial charge on any atom is -0.393 e. The van der Waals surface area contributed by atoms with Crippen LogP contribution in [-0.4, -0.2) is 17.7 Å². The molecule has 0 aliphatic rings. The van der Waals surface area contributed by atoms with Crippen molar-refractivity contribution >= 4 is 17.7 Å². The number of Topliss-reactive ketones (excluding diaryl/α,β-unsaturated/α-hetero) is 1. The molecule has 74 valence electrons. The number of hydrogen-bond acceptors (Lipinski definition) is 4. The number of rotatable bonds is 4. The molecule has 0 bridgehead atoms. The Morgan fingerprint density at radius 2 is 1.85 bits per heavy atom. The molecule has 0 aromatic heterocycles. The van der Waals surface area contributed by atoms with Gasteiger partial charge in [-0.05, 0) is 13.3 Å². The zero-order valence-corrected chi connectivity index (χ0v) is 8.12. The first-order valence-electron chi connectivity index (χ1n) is 4.24. The van der Waals surface area contributed by atoms with E-state index in [1.54, 1.807) is 0 Å². The van der Waals surface area contributed by atoms with Crippen molar-refractivity contribution in [2.45, 2.75) is 33.6 Å². The summed E-state index contributed by atoms with van der Waals surface area (Å²) in [5, 5.41) is 0. The summed E-state index contributed by atoms with van der Waals surface area (Å²) in [5.74, 6) is -2.45. The molecule has 0 N–H and O–H groups in total. The van der Waals surface area contributed by atoms with Crippen molar-refractivity contribution in [3.63, 3.8) is 0 Å². The van der Waals surface area contributed by atoms with E-state index >= 15 is 0 Å². The Bertz CT molecular complexity index is 220. The van der Waals surface area contributed by atoms with E-state index in [0.717, 1.165) is 6.92 Å². The van der Waals surface area contributed by atoms with Gasteiger partial charge in [-0.2, -0.15) is 0 Å². The molecule has 0 aliphatic carbocycles. The van der Waals surface area contributed by atoms with E-state index in [2.05, 4.69) is 4.74 Å². The Morgan fingerprint density at radius 3 is 2.23 bits per heavy atom. The third kappa shape index (κ3) is 4.40. The molecule has 0 fully saturated rings. The third-order valence-electron chi connectivity index (χ3n) is 1.58. The highest BCUT2D eigenvalue weighted by Gasteiger charge is 2.22. The van der Waals surface area contributed by atoms with Gasteiger partial charge in [-0.3, -0.25) is 14.4 Å². The molecule has 0 amide bonds. The lowest BCUT2D eigenvalue weighted by atomic mass is 10.0. The van der Waals surface area contributed by atoms with Crippen LogP contribution in [0.4, 0.5) is 0 Å². The van der Waals surface area contributed by atoms with Gasteiger partial charge in [0.05, 0.1) is 0 Å². The topological polar surface area (TPSA) is 60.4 Å². The molecular weight excluding hydrogens is 172 g/mol. The Kier molecular flexibility index (Phi) is 4.96. The average molecular weight is 186 g/mol. The van der Waals surface area contributed by atoms with E-state index in [1.165, 1.54) is 6.92 Å². The highest BCUT2D eigenvalue weighted by Crippen LogP contribution is 2.05. The lowest BCUT2D eigenvalue weighted by Gasteiger charge is -2.06. The Morgan fingerprint density at radius 1 is 1.31 bits per heavy atom. The molecule has 1 atom stereocenters. The summed E-state index contributed by atoms with van der Waals surface area (Å²) in [4.78, 5) is 32.5. The highest BCUT2D eigenvalue weighted by atomic mass is 16.6. The monoisotopic (exact) mass is 186 g/mol. The number of ketones is 1. The smallest absolute Gasteiger partial charge is 0.323 e. The van der Waals surface area contributed by atoms with E-state index in [1.807, 2.05) is 6.92 Å². The number of hydrogen-bond donors (Lipinski definition) is 0. The molecular formula is C9H14O4. The fraction of sp³-hybridized carbons (Fsp3) is 0.667. The fourth-order valence-corrected chi connectivity index (χ4v) is 0.824. The highest BCUT2D eigenvalue weighted by molar-refractivity contribution is 6.01. The predicted octanol–water partition coefficient (Wildman–Crippen LogP) is 1.08. The van der Waals surface area contributed by atoms with Gasteiger partial charge in [0, 0.05) is 13.3 Å². The van der Waals surface area contributed by atoms with Crippen LogP contribution in [0.5, 0.6) is 0 Å². The molecule has 0 rings (SSSR count). The minimum atomic E-state index is -0.830. The summed E-state index contributed by atoms with van der Waals surface area (Å²) in [6, 6.07) is 0. The molecule has 0 saturated carbocycles. The maximum Gasteiger partial charge on any atom is 0.323 e. The molecule has 1 unspecified atom stereocenters. The lowest BCUT2D eigenvalue weighted by molar-refractivity contribution is -0.161. The van der Waals surface area contributed by atoms with Crippen LogP contribution >= 0.6 is 0 Å². The summed E-state index contributed by atoms with van der Waals surface area (Å²) in [6.45, 7) is 4.43. The van der Waals surface area contributed by atoms with Crippen molar-refractivity contribution in [3.05, 3.63) is 0 Å². The van der Waals surface area contributed by atoms with Crippen LogP contribution in [-0.2, 0) is 19.1 Å². The summed E-state index contributed by atoms with van der Waals surface area (Å²) >= 11 is 0. The van der Waals surface area contributed by atoms with Crippen LogP contribution in [0.15, 0.2) is 0 Å². The molecule has 0 saturated heterocycles. The van der Waals surface area contributed by atoms with Gasteiger partial charge in [0.15, 0.2) is 0 Å². The molecule has 4 heteroatoms. The van der Waals surface area contributed by atoms with Crippen LogP contribution in [0.25, 0.3) is 0 Å². The molecule has 0 aliphatic heterocycles. The Labute approximate surface area is 77.3 Å². The molecule has 13 heavy (non-hydrogen) atoms. The number of esters is 2. The number of carbonyl (C=O) groups is 3. The van der Waals surface area contributed by atoms with Crippen molar-refractivity contribution in [3.8, 4) is 0 Å². The van der Waals surface area contributed by atoms with Gasteiger partial charge in [0.25, 0.3) is 0 Å². The van der Waals surface area contributed by atoms with Gasteiger partial charge in [-0.15, -0.1) is 0 Å². The van der Waals surface area contributed by atoms with Crippen LogP contribution in [0.3, 0.4) is 0 Å². The first-order valence-corrected chi connectivity index (χ1v) is 4.24. The second-order valence-electron chi connectivity index (χ2n) is 2.85. The van der Waals surface area contributed by atoms with E-state index < -0.39 is 17.9 Å². The van der Waals surface area contributed by atoms with Crippen molar-refractivity contribution in [1.29, 1.82) is 0 Å². The van der Waals surface area contributed by atoms with E-state index in [0.29, 0.717) is 12.8 Å².